The second kappa shape index (κ2) is 4.47. The molecule has 0 aromatic carbocycles. The fraction of sp³-hybridized carbons (Fsp3) is 0.636. The molecule has 1 aliphatic carbocycles. The number of carbonyl (C=O) groups excluding carboxylic acids is 1. The molecular weight excluding hydrogens is 190 g/mol. The monoisotopic (exact) mass is 207 g/mol. The first-order valence-electron chi connectivity index (χ1n) is 5.51. The molecule has 0 bridgehead atoms. The highest BCUT2D eigenvalue weighted by Crippen LogP contribution is 2.37. The van der Waals surface area contributed by atoms with Gasteiger partial charge in [0.05, 0.1) is 6.33 Å². The van der Waals surface area contributed by atoms with Gasteiger partial charge in [0.1, 0.15) is 0 Å². The Morgan fingerprint density at radius 3 is 3.07 bits per heavy atom. The summed E-state index contributed by atoms with van der Waals surface area (Å²) in [5.74, 6) is 1.12. The molecule has 1 saturated carbocycles. The van der Waals surface area contributed by atoms with Crippen molar-refractivity contribution in [2.24, 2.45) is 11.8 Å². The van der Waals surface area contributed by atoms with Crippen molar-refractivity contribution in [3.8, 4) is 0 Å². The summed E-state index contributed by atoms with van der Waals surface area (Å²) in [6, 6.07) is 0. The molecule has 2 atom stereocenters. The molecule has 1 amide bonds. The maximum Gasteiger partial charge on any atom is 0.223 e. The molecule has 1 aromatic rings. The number of nitrogens with zero attached hydrogens (tertiary/aromatic N) is 2. The van der Waals surface area contributed by atoms with E-state index in [-0.39, 0.29) is 5.91 Å². The van der Waals surface area contributed by atoms with Crippen molar-refractivity contribution in [1.82, 2.24) is 14.9 Å². The lowest BCUT2D eigenvalue weighted by atomic mass is 10.3. The van der Waals surface area contributed by atoms with E-state index in [9.17, 15) is 4.79 Å². The molecule has 1 fully saturated rings. The van der Waals surface area contributed by atoms with E-state index in [0.29, 0.717) is 11.8 Å². The first-order chi connectivity index (χ1) is 7.27. The van der Waals surface area contributed by atoms with E-state index in [2.05, 4.69) is 17.2 Å². The van der Waals surface area contributed by atoms with Crippen LogP contribution in [0.4, 0.5) is 0 Å². The maximum absolute atomic E-state index is 11.4. The largest absolute Gasteiger partial charge is 0.356 e. The summed E-state index contributed by atoms with van der Waals surface area (Å²) in [5, 5.41) is 2.96. The molecule has 1 heterocycles. The van der Waals surface area contributed by atoms with Gasteiger partial charge in [-0.2, -0.15) is 0 Å². The van der Waals surface area contributed by atoms with Crippen LogP contribution < -0.4 is 5.32 Å². The Morgan fingerprint density at radius 1 is 1.67 bits per heavy atom. The van der Waals surface area contributed by atoms with E-state index in [1.54, 1.807) is 12.5 Å². The lowest BCUT2D eigenvalue weighted by Gasteiger charge is -2.04. The minimum absolute atomic E-state index is 0.230. The first-order valence-corrected chi connectivity index (χ1v) is 5.51. The fourth-order valence-corrected chi connectivity index (χ4v) is 1.71. The van der Waals surface area contributed by atoms with E-state index in [1.165, 1.54) is 0 Å². The van der Waals surface area contributed by atoms with Gasteiger partial charge in [-0.3, -0.25) is 4.79 Å². The number of nitrogens with one attached hydrogen (secondary N) is 1. The Bertz CT molecular complexity index is 321. The molecule has 1 aliphatic rings. The normalized spacial score (nSPS) is 23.8. The van der Waals surface area contributed by atoms with Crippen LogP contribution in [-0.4, -0.2) is 22.0 Å². The van der Waals surface area contributed by atoms with Gasteiger partial charge in [-0.05, 0) is 18.8 Å². The maximum atomic E-state index is 11.4. The van der Waals surface area contributed by atoms with Crippen molar-refractivity contribution in [1.29, 1.82) is 0 Å². The second-order valence-corrected chi connectivity index (χ2v) is 4.26. The minimum atomic E-state index is 0.230. The topological polar surface area (TPSA) is 46.9 Å². The molecule has 2 rings (SSSR count). The number of imidazole rings is 1. The SMILES string of the molecule is C[C@@H]1C[C@@H]1C(=O)NCCCn1ccnc1. The van der Waals surface area contributed by atoms with E-state index < -0.39 is 0 Å². The third-order valence-corrected chi connectivity index (χ3v) is 2.90. The number of rotatable bonds is 5. The summed E-state index contributed by atoms with van der Waals surface area (Å²) in [6.45, 7) is 3.80. The standard InChI is InChI=1S/C11H17N3O/c1-9-7-10(9)11(15)13-3-2-5-14-6-4-12-8-14/h4,6,8-10H,2-3,5,7H2,1H3,(H,13,15)/t9-,10+/m1/s1. The van der Waals surface area contributed by atoms with Crippen LogP contribution >= 0.6 is 0 Å². The van der Waals surface area contributed by atoms with Crippen molar-refractivity contribution < 1.29 is 4.79 Å². The zero-order valence-corrected chi connectivity index (χ0v) is 9.02. The summed E-state index contributed by atoms with van der Waals surface area (Å²) >= 11 is 0. The highest BCUT2D eigenvalue weighted by atomic mass is 16.2. The van der Waals surface area contributed by atoms with Gasteiger partial charge in [0, 0.05) is 31.4 Å². The Balaban J connectivity index is 1.57. The van der Waals surface area contributed by atoms with Crippen molar-refractivity contribution in [3.63, 3.8) is 0 Å². The Hall–Kier alpha value is -1.32. The zero-order chi connectivity index (χ0) is 10.7. The molecule has 1 aromatic heterocycles. The zero-order valence-electron chi connectivity index (χ0n) is 9.02. The van der Waals surface area contributed by atoms with Crippen LogP contribution in [0.2, 0.25) is 0 Å². The first kappa shape index (κ1) is 10.2. The molecule has 1 N–H and O–H groups in total. The number of amides is 1. The Labute approximate surface area is 89.7 Å². The molecule has 4 heteroatoms. The lowest BCUT2D eigenvalue weighted by molar-refractivity contribution is -0.122. The van der Waals surface area contributed by atoms with Gasteiger partial charge >= 0.3 is 0 Å². The predicted octanol–water partition coefficient (Wildman–Crippen LogP) is 1.05. The molecule has 0 saturated heterocycles. The van der Waals surface area contributed by atoms with Crippen LogP contribution in [0.3, 0.4) is 0 Å². The summed E-state index contributed by atoms with van der Waals surface area (Å²) in [5.41, 5.74) is 0. The van der Waals surface area contributed by atoms with Crippen LogP contribution in [-0.2, 0) is 11.3 Å². The number of aromatic nitrogens is 2. The number of carbonyl (C=O) groups is 1. The van der Waals surface area contributed by atoms with Gasteiger partial charge < -0.3 is 9.88 Å². The third kappa shape index (κ3) is 2.81. The van der Waals surface area contributed by atoms with E-state index in [1.807, 2.05) is 10.8 Å². The molecular formula is C11H17N3O. The van der Waals surface area contributed by atoms with Crippen molar-refractivity contribution in [2.75, 3.05) is 6.54 Å². The van der Waals surface area contributed by atoms with Gasteiger partial charge in [-0.15, -0.1) is 0 Å². The van der Waals surface area contributed by atoms with Gasteiger partial charge in [-0.25, -0.2) is 4.98 Å². The number of hydrogen-bond donors (Lipinski definition) is 1. The van der Waals surface area contributed by atoms with Crippen LogP contribution in [0.25, 0.3) is 0 Å². The Morgan fingerprint density at radius 2 is 2.47 bits per heavy atom. The Kier molecular flexibility index (Phi) is 3.04. The smallest absolute Gasteiger partial charge is 0.223 e. The molecule has 82 valence electrons. The number of hydrogen-bond acceptors (Lipinski definition) is 2. The third-order valence-electron chi connectivity index (χ3n) is 2.90. The van der Waals surface area contributed by atoms with Crippen LogP contribution in [0.15, 0.2) is 18.7 Å². The molecule has 0 spiro atoms. The van der Waals surface area contributed by atoms with Crippen LogP contribution in [0.5, 0.6) is 0 Å². The minimum Gasteiger partial charge on any atom is -0.356 e. The van der Waals surface area contributed by atoms with Crippen molar-refractivity contribution in [2.45, 2.75) is 26.3 Å². The van der Waals surface area contributed by atoms with Gasteiger partial charge in [0.15, 0.2) is 0 Å². The van der Waals surface area contributed by atoms with Crippen molar-refractivity contribution in [3.05, 3.63) is 18.7 Å². The molecule has 4 nitrogen and oxygen atoms in total. The summed E-state index contributed by atoms with van der Waals surface area (Å²) < 4.78 is 2.02. The van der Waals surface area contributed by atoms with E-state index in [4.69, 9.17) is 0 Å². The highest BCUT2D eigenvalue weighted by molar-refractivity contribution is 5.81. The predicted molar refractivity (Wildman–Crippen MR) is 57.1 cm³/mol. The fourth-order valence-electron chi connectivity index (χ4n) is 1.71. The molecule has 0 aliphatic heterocycles. The van der Waals surface area contributed by atoms with Crippen molar-refractivity contribution >= 4 is 5.91 Å². The summed E-state index contributed by atoms with van der Waals surface area (Å²) in [6.07, 6.45) is 7.52. The van der Waals surface area contributed by atoms with E-state index in [0.717, 1.165) is 25.9 Å². The van der Waals surface area contributed by atoms with Crippen LogP contribution in [0.1, 0.15) is 19.8 Å². The van der Waals surface area contributed by atoms with Gasteiger partial charge in [0.2, 0.25) is 5.91 Å². The van der Waals surface area contributed by atoms with Gasteiger partial charge in [0.25, 0.3) is 0 Å². The van der Waals surface area contributed by atoms with Gasteiger partial charge in [-0.1, -0.05) is 6.92 Å². The second-order valence-electron chi connectivity index (χ2n) is 4.26. The highest BCUT2D eigenvalue weighted by Gasteiger charge is 2.38. The van der Waals surface area contributed by atoms with E-state index >= 15 is 0 Å². The molecule has 0 radical (unpaired) electrons. The summed E-state index contributed by atoms with van der Waals surface area (Å²) in [4.78, 5) is 15.4. The summed E-state index contributed by atoms with van der Waals surface area (Å²) in [7, 11) is 0. The van der Waals surface area contributed by atoms with Crippen LogP contribution in [0, 0.1) is 11.8 Å². The number of aryl methyl sites for hydroxylation is 1. The average molecular weight is 207 g/mol. The average Bonchev–Trinajstić information content (AvgIpc) is 2.77. The molecule has 0 unspecified atom stereocenters. The lowest BCUT2D eigenvalue weighted by Crippen LogP contribution is -2.27. The quantitative estimate of drug-likeness (QED) is 0.733. The molecule has 15 heavy (non-hydrogen) atoms.